The zero-order chi connectivity index (χ0) is 15.0. The summed E-state index contributed by atoms with van der Waals surface area (Å²) in [5, 5.41) is 9.33. The highest BCUT2D eigenvalue weighted by Gasteiger charge is 2.50. The first-order valence-corrected chi connectivity index (χ1v) is 6.62. The second kappa shape index (κ2) is 5.23. The first-order valence-electron chi connectivity index (χ1n) is 6.62. The molecule has 1 N–H and O–H groups in total. The molecule has 0 aromatic rings. The van der Waals surface area contributed by atoms with Crippen LogP contribution in [-0.2, 0) is 9.59 Å². The first kappa shape index (κ1) is 15.1. The molecule has 114 valence electrons. The van der Waals surface area contributed by atoms with Crippen molar-refractivity contribution in [2.75, 3.05) is 26.2 Å². The summed E-state index contributed by atoms with van der Waals surface area (Å²) in [4.78, 5) is 25.1. The number of carbonyl (C=O) groups is 2. The van der Waals surface area contributed by atoms with E-state index in [4.69, 9.17) is 0 Å². The Labute approximate surface area is 114 Å². The summed E-state index contributed by atoms with van der Waals surface area (Å²) in [7, 11) is 0. The fourth-order valence-corrected chi connectivity index (χ4v) is 2.90. The Balaban J connectivity index is 2.03. The van der Waals surface area contributed by atoms with E-state index >= 15 is 0 Å². The van der Waals surface area contributed by atoms with Crippen LogP contribution in [0.4, 0.5) is 13.2 Å². The Hall–Kier alpha value is -1.31. The third-order valence-electron chi connectivity index (χ3n) is 4.21. The van der Waals surface area contributed by atoms with Crippen LogP contribution in [0.25, 0.3) is 0 Å². The van der Waals surface area contributed by atoms with Gasteiger partial charge in [0.05, 0.1) is 0 Å². The van der Waals surface area contributed by atoms with Crippen molar-refractivity contribution in [2.24, 2.45) is 0 Å². The highest BCUT2D eigenvalue weighted by atomic mass is 19.4. The lowest BCUT2D eigenvalue weighted by Gasteiger charge is -2.46. The second-order valence-electron chi connectivity index (χ2n) is 5.32. The molecule has 5 nitrogen and oxygen atoms in total. The minimum absolute atomic E-state index is 0.0184. The quantitative estimate of drug-likeness (QED) is 0.828. The maximum absolute atomic E-state index is 12.4. The van der Waals surface area contributed by atoms with Gasteiger partial charge in [0.2, 0.25) is 0 Å². The summed E-state index contributed by atoms with van der Waals surface area (Å²) >= 11 is 0. The molecule has 1 amide bonds. The highest BCUT2D eigenvalue weighted by molar-refractivity contribution is 5.82. The van der Waals surface area contributed by atoms with Crippen LogP contribution in [0.2, 0.25) is 0 Å². The molecule has 2 fully saturated rings. The van der Waals surface area contributed by atoms with Gasteiger partial charge in [-0.2, -0.15) is 13.2 Å². The van der Waals surface area contributed by atoms with Gasteiger partial charge in [-0.1, -0.05) is 0 Å². The molecule has 1 aliphatic heterocycles. The molecule has 0 bridgehead atoms. The van der Waals surface area contributed by atoms with Crippen molar-refractivity contribution in [1.29, 1.82) is 0 Å². The summed E-state index contributed by atoms with van der Waals surface area (Å²) in [6.45, 7) is 0.528. The molecule has 2 aliphatic rings. The summed E-state index contributed by atoms with van der Waals surface area (Å²) in [6.07, 6.45) is -2.65. The lowest BCUT2D eigenvalue weighted by molar-refractivity contribution is -0.185. The van der Waals surface area contributed by atoms with Crippen molar-refractivity contribution < 1.29 is 27.9 Å². The van der Waals surface area contributed by atoms with Gasteiger partial charge in [-0.15, -0.1) is 0 Å². The van der Waals surface area contributed by atoms with Gasteiger partial charge in [0.15, 0.2) is 0 Å². The number of alkyl halides is 3. The number of rotatable bonds is 2. The van der Waals surface area contributed by atoms with Crippen LogP contribution in [0.1, 0.15) is 25.7 Å². The second-order valence-corrected chi connectivity index (χ2v) is 5.32. The molecule has 1 aliphatic carbocycles. The van der Waals surface area contributed by atoms with E-state index in [1.54, 1.807) is 4.90 Å². The third-order valence-corrected chi connectivity index (χ3v) is 4.21. The van der Waals surface area contributed by atoms with E-state index in [1.165, 1.54) is 0 Å². The summed E-state index contributed by atoms with van der Waals surface area (Å²) in [5.41, 5.74) is -0.933. The van der Waals surface area contributed by atoms with E-state index in [2.05, 4.69) is 0 Å². The predicted octanol–water partition coefficient (Wildman–Crippen LogP) is 1.09. The van der Waals surface area contributed by atoms with Gasteiger partial charge in [-0.05, 0) is 25.7 Å². The first-order chi connectivity index (χ1) is 9.27. The SMILES string of the molecule is O=C(N1CCCN(C2(C(=O)O)CCC2)CC1)C(F)(F)F. The zero-order valence-corrected chi connectivity index (χ0v) is 10.9. The van der Waals surface area contributed by atoms with Gasteiger partial charge in [-0.3, -0.25) is 14.5 Å². The molecule has 1 saturated carbocycles. The number of aliphatic carboxylic acids is 1. The number of carboxylic acid groups (broad SMARTS) is 1. The molecule has 0 spiro atoms. The predicted molar refractivity (Wildman–Crippen MR) is 63.0 cm³/mol. The van der Waals surface area contributed by atoms with Crippen molar-refractivity contribution in [3.63, 3.8) is 0 Å². The Morgan fingerprint density at radius 3 is 2.10 bits per heavy atom. The van der Waals surface area contributed by atoms with Crippen LogP contribution >= 0.6 is 0 Å². The number of halogens is 3. The van der Waals surface area contributed by atoms with E-state index in [9.17, 15) is 27.9 Å². The highest BCUT2D eigenvalue weighted by Crippen LogP contribution is 2.38. The van der Waals surface area contributed by atoms with Gasteiger partial charge in [0.25, 0.3) is 0 Å². The Bertz CT molecular complexity index is 407. The van der Waals surface area contributed by atoms with Gasteiger partial charge >= 0.3 is 18.1 Å². The molecule has 8 heteroatoms. The molecule has 20 heavy (non-hydrogen) atoms. The van der Waals surface area contributed by atoms with E-state index < -0.39 is 23.6 Å². The molecule has 0 aromatic heterocycles. The lowest BCUT2D eigenvalue weighted by Crippen LogP contribution is -2.60. The third kappa shape index (κ3) is 2.61. The van der Waals surface area contributed by atoms with E-state index in [0.29, 0.717) is 25.8 Å². The van der Waals surface area contributed by atoms with Crippen molar-refractivity contribution in [3.05, 3.63) is 0 Å². The number of amides is 1. The summed E-state index contributed by atoms with van der Waals surface area (Å²) in [6, 6.07) is 0. The molecule has 0 atom stereocenters. The molecular formula is C12H17F3N2O3. The minimum atomic E-state index is -4.86. The molecule has 0 radical (unpaired) electrons. The number of hydrogen-bond acceptors (Lipinski definition) is 3. The van der Waals surface area contributed by atoms with Crippen molar-refractivity contribution in [3.8, 4) is 0 Å². The molecule has 2 rings (SSSR count). The number of carbonyl (C=O) groups excluding carboxylic acids is 1. The lowest BCUT2D eigenvalue weighted by atomic mass is 9.75. The van der Waals surface area contributed by atoms with Gasteiger partial charge in [0, 0.05) is 26.2 Å². The van der Waals surface area contributed by atoms with Gasteiger partial charge < -0.3 is 10.0 Å². The van der Waals surface area contributed by atoms with E-state index in [0.717, 1.165) is 11.3 Å². The zero-order valence-electron chi connectivity index (χ0n) is 10.9. The van der Waals surface area contributed by atoms with Crippen LogP contribution in [0.3, 0.4) is 0 Å². The number of carboxylic acids is 1. The topological polar surface area (TPSA) is 60.9 Å². The largest absolute Gasteiger partial charge is 0.480 e. The molecule has 1 heterocycles. The van der Waals surface area contributed by atoms with Crippen molar-refractivity contribution >= 4 is 11.9 Å². The fourth-order valence-electron chi connectivity index (χ4n) is 2.90. The van der Waals surface area contributed by atoms with Crippen LogP contribution < -0.4 is 0 Å². The molecule has 1 saturated heterocycles. The maximum Gasteiger partial charge on any atom is 0.471 e. The standard InChI is InChI=1S/C12H17F3N2O3/c13-12(14,15)9(18)16-5-2-6-17(8-7-16)11(10(19)20)3-1-4-11/h1-8H2,(H,19,20). The summed E-state index contributed by atoms with van der Waals surface area (Å²) in [5.74, 6) is -2.75. The summed E-state index contributed by atoms with van der Waals surface area (Å²) < 4.78 is 37.2. The van der Waals surface area contributed by atoms with Crippen LogP contribution in [0, 0.1) is 0 Å². The van der Waals surface area contributed by atoms with Crippen LogP contribution in [-0.4, -0.2) is 64.7 Å². The molecular weight excluding hydrogens is 277 g/mol. The Morgan fingerprint density at radius 1 is 1.00 bits per heavy atom. The van der Waals surface area contributed by atoms with Crippen molar-refractivity contribution in [2.45, 2.75) is 37.4 Å². The fraction of sp³-hybridized carbons (Fsp3) is 0.833. The monoisotopic (exact) mass is 294 g/mol. The van der Waals surface area contributed by atoms with Gasteiger partial charge in [-0.25, -0.2) is 0 Å². The normalized spacial score (nSPS) is 23.9. The number of nitrogens with zero attached hydrogens (tertiary/aromatic N) is 2. The van der Waals surface area contributed by atoms with E-state index in [1.807, 2.05) is 0 Å². The number of hydrogen-bond donors (Lipinski definition) is 1. The average molecular weight is 294 g/mol. The minimum Gasteiger partial charge on any atom is -0.480 e. The molecule has 0 unspecified atom stereocenters. The Kier molecular flexibility index (Phi) is 3.95. The van der Waals surface area contributed by atoms with E-state index in [-0.39, 0.29) is 19.6 Å². The van der Waals surface area contributed by atoms with Gasteiger partial charge in [0.1, 0.15) is 5.54 Å². The Morgan fingerprint density at radius 2 is 1.65 bits per heavy atom. The van der Waals surface area contributed by atoms with Crippen LogP contribution in [0.15, 0.2) is 0 Å². The average Bonchev–Trinajstić information content (AvgIpc) is 2.51. The maximum atomic E-state index is 12.4. The van der Waals surface area contributed by atoms with Crippen LogP contribution in [0.5, 0.6) is 0 Å². The van der Waals surface area contributed by atoms with Crippen molar-refractivity contribution in [1.82, 2.24) is 9.80 Å². The molecule has 0 aromatic carbocycles. The smallest absolute Gasteiger partial charge is 0.471 e.